The van der Waals surface area contributed by atoms with E-state index in [9.17, 15) is 14.4 Å². The molecule has 0 spiro atoms. The van der Waals surface area contributed by atoms with Gasteiger partial charge in [0.25, 0.3) is 17.7 Å². The number of nitrogens with two attached hydrogens (primary N) is 3. The van der Waals surface area contributed by atoms with Gasteiger partial charge in [-0.15, -0.1) is 0 Å². The molecule has 0 fully saturated rings. The zero-order valence-corrected chi connectivity index (χ0v) is 47.6. The monoisotopic (exact) mass is 1060 g/mol. The van der Waals surface area contributed by atoms with Gasteiger partial charge in [0.05, 0.1) is 0 Å². The first-order valence-corrected chi connectivity index (χ1v) is 30.5. The minimum Gasteiger partial charge on any atom is -0.352 e. The van der Waals surface area contributed by atoms with Crippen LogP contribution in [0.25, 0.3) is 0 Å². The standard InChI is InChI=1S/C57H117N15O3/c58-25-1-4-28-61-31-7-10-34-64-37-13-16-40-67-43-19-22-46-70-55(73)52-49-53(56(74)71-47-23-20-44-68-41-17-14-38-65-35-11-8-32-62-29-5-2-26-59)51-54(50-52)57(75)72-48-24-21-45-69-42-18-15-39-66-36-12-9-33-63-30-6-3-27-60/h49-51,61-69H,1-48,58-60H2,(H,70,73)(H,71,74)(H,72,75). The van der Waals surface area contributed by atoms with E-state index in [1.807, 2.05) is 0 Å². The van der Waals surface area contributed by atoms with Crippen molar-refractivity contribution in [3.8, 4) is 0 Å². The number of carbonyl (C=O) groups is 3. The molecule has 0 heterocycles. The Balaban J connectivity index is 2.39. The highest BCUT2D eigenvalue weighted by atomic mass is 16.2. The SMILES string of the molecule is NCCCCNCCCCNCCCCNCCCCNC(=O)c1cc(C(=O)NCCCCNCCCCNCCCCNCCCCN)cc(C(=O)NCCCCNCCCCNCCCCNCCCCN)c1. The third-order valence-corrected chi connectivity index (χ3v) is 13.1. The average molecular weight is 1060 g/mol. The maximum Gasteiger partial charge on any atom is 0.251 e. The third kappa shape index (κ3) is 48.0. The number of hydrogen-bond acceptors (Lipinski definition) is 15. The first-order valence-electron chi connectivity index (χ1n) is 30.5. The molecule has 18 nitrogen and oxygen atoms in total. The molecule has 75 heavy (non-hydrogen) atoms. The van der Waals surface area contributed by atoms with Crippen LogP contribution in [0.5, 0.6) is 0 Å². The quantitative estimate of drug-likeness (QED) is 0.0417. The highest BCUT2D eigenvalue weighted by molar-refractivity contribution is 6.04. The topological polar surface area (TPSA) is 274 Å². The van der Waals surface area contributed by atoms with Gasteiger partial charge in [0.2, 0.25) is 0 Å². The van der Waals surface area contributed by atoms with Gasteiger partial charge in [0.15, 0.2) is 0 Å². The summed E-state index contributed by atoms with van der Waals surface area (Å²) in [6.07, 6.45) is 26.1. The Bertz CT molecular complexity index is 1240. The van der Waals surface area contributed by atoms with Crippen LogP contribution in [0, 0.1) is 0 Å². The van der Waals surface area contributed by atoms with Crippen molar-refractivity contribution >= 4 is 17.7 Å². The number of nitrogens with one attached hydrogen (secondary N) is 12. The number of benzene rings is 1. The van der Waals surface area contributed by atoms with Crippen LogP contribution < -0.4 is 81.0 Å². The third-order valence-electron chi connectivity index (χ3n) is 13.1. The predicted molar refractivity (Wildman–Crippen MR) is 317 cm³/mol. The van der Waals surface area contributed by atoms with Gasteiger partial charge in [-0.05, 0) is 310 Å². The summed E-state index contributed by atoms with van der Waals surface area (Å²) in [7, 11) is 0. The van der Waals surface area contributed by atoms with Crippen molar-refractivity contribution in [1.82, 2.24) is 63.8 Å². The Morgan fingerprint density at radius 1 is 0.227 bits per heavy atom. The van der Waals surface area contributed by atoms with Gasteiger partial charge in [-0.2, -0.15) is 0 Å². The molecular weight excluding hydrogens is 943 g/mol. The van der Waals surface area contributed by atoms with Crippen LogP contribution in [0.15, 0.2) is 18.2 Å². The van der Waals surface area contributed by atoms with Crippen LogP contribution in [0.1, 0.15) is 185 Å². The zero-order valence-electron chi connectivity index (χ0n) is 47.6. The van der Waals surface area contributed by atoms with Crippen LogP contribution in [-0.4, -0.2) is 175 Å². The summed E-state index contributed by atoms with van der Waals surface area (Å²) in [4.78, 5) is 40.3. The van der Waals surface area contributed by atoms with Crippen molar-refractivity contribution in [2.75, 3.05) is 157 Å². The maximum absolute atomic E-state index is 13.4. The van der Waals surface area contributed by atoms with Crippen molar-refractivity contribution in [2.24, 2.45) is 17.2 Å². The van der Waals surface area contributed by atoms with Crippen molar-refractivity contribution < 1.29 is 14.4 Å². The summed E-state index contributed by atoms with van der Waals surface area (Å²) in [5.41, 5.74) is 17.6. The molecule has 3 amide bonds. The molecule has 0 radical (unpaired) electrons. The average Bonchev–Trinajstić information content (AvgIpc) is 3.42. The summed E-state index contributed by atoms with van der Waals surface area (Å²) in [6, 6.07) is 4.82. The van der Waals surface area contributed by atoms with E-state index in [4.69, 9.17) is 17.2 Å². The first kappa shape index (κ1) is 70.2. The molecule has 0 saturated heterocycles. The van der Waals surface area contributed by atoms with Crippen LogP contribution in [-0.2, 0) is 0 Å². The Hall–Kier alpha value is -2.85. The van der Waals surface area contributed by atoms with Crippen molar-refractivity contribution in [3.05, 3.63) is 34.9 Å². The van der Waals surface area contributed by atoms with Gasteiger partial charge < -0.3 is 81.0 Å². The van der Waals surface area contributed by atoms with E-state index in [-0.39, 0.29) is 17.7 Å². The summed E-state index contributed by atoms with van der Waals surface area (Å²) in [5.74, 6) is -0.841. The summed E-state index contributed by atoms with van der Waals surface area (Å²) >= 11 is 0. The van der Waals surface area contributed by atoms with Crippen LogP contribution >= 0.6 is 0 Å². The lowest BCUT2D eigenvalue weighted by molar-refractivity contribution is 0.0952. The van der Waals surface area contributed by atoms with E-state index in [2.05, 4.69) is 63.8 Å². The van der Waals surface area contributed by atoms with E-state index in [0.29, 0.717) is 36.3 Å². The molecule has 0 aliphatic rings. The van der Waals surface area contributed by atoms with Crippen LogP contribution in [0.4, 0.5) is 0 Å². The Morgan fingerprint density at radius 3 is 0.507 bits per heavy atom. The molecule has 0 atom stereocenters. The molecule has 0 saturated carbocycles. The van der Waals surface area contributed by atoms with E-state index < -0.39 is 0 Å². The molecule has 0 aromatic heterocycles. The molecule has 0 aliphatic carbocycles. The smallest absolute Gasteiger partial charge is 0.251 e. The van der Waals surface area contributed by atoms with Crippen molar-refractivity contribution in [2.45, 2.75) is 154 Å². The van der Waals surface area contributed by atoms with Gasteiger partial charge in [-0.1, -0.05) is 0 Å². The molecule has 1 rings (SSSR count). The largest absolute Gasteiger partial charge is 0.352 e. The zero-order chi connectivity index (χ0) is 54.0. The molecule has 18 heteroatoms. The second-order valence-electron chi connectivity index (χ2n) is 20.2. The van der Waals surface area contributed by atoms with Gasteiger partial charge in [-0.3, -0.25) is 14.4 Å². The van der Waals surface area contributed by atoms with Gasteiger partial charge in [-0.25, -0.2) is 0 Å². The second kappa shape index (κ2) is 57.3. The molecule has 0 bridgehead atoms. The normalized spacial score (nSPS) is 11.4. The minimum atomic E-state index is -0.280. The molecule has 438 valence electrons. The Morgan fingerprint density at radius 2 is 0.360 bits per heavy atom. The number of unbranched alkanes of at least 4 members (excludes halogenated alkanes) is 12. The summed E-state index contributed by atoms with van der Waals surface area (Å²) < 4.78 is 0. The van der Waals surface area contributed by atoms with Gasteiger partial charge in [0.1, 0.15) is 0 Å². The number of amides is 3. The lowest BCUT2D eigenvalue weighted by atomic mass is 10.0. The second-order valence-corrected chi connectivity index (χ2v) is 20.2. The van der Waals surface area contributed by atoms with Crippen molar-refractivity contribution in [3.63, 3.8) is 0 Å². The molecule has 0 unspecified atom stereocenters. The van der Waals surface area contributed by atoms with Gasteiger partial charge >= 0.3 is 0 Å². The van der Waals surface area contributed by atoms with Gasteiger partial charge in [0, 0.05) is 36.3 Å². The fourth-order valence-corrected chi connectivity index (χ4v) is 8.37. The fraction of sp³-hybridized carbons (Fsp3) is 0.842. The van der Waals surface area contributed by atoms with E-state index in [1.54, 1.807) is 18.2 Å². The number of rotatable bonds is 60. The van der Waals surface area contributed by atoms with Crippen molar-refractivity contribution in [1.29, 1.82) is 0 Å². The predicted octanol–water partition coefficient (Wildman–Crippen LogP) is 3.42. The lowest BCUT2D eigenvalue weighted by Gasteiger charge is -2.12. The summed E-state index contributed by atoms with van der Waals surface area (Å²) in [6.45, 7) is 22.3. The first-order chi connectivity index (χ1) is 37.0. The number of carbonyl (C=O) groups excluding carboxylic acids is 3. The molecule has 0 aliphatic heterocycles. The molecule has 18 N–H and O–H groups in total. The van der Waals surface area contributed by atoms with Crippen LogP contribution in [0.3, 0.4) is 0 Å². The van der Waals surface area contributed by atoms with Crippen LogP contribution in [0.2, 0.25) is 0 Å². The van der Waals surface area contributed by atoms with E-state index in [1.165, 1.54) is 38.5 Å². The Labute approximate surface area is 457 Å². The highest BCUT2D eigenvalue weighted by Gasteiger charge is 2.16. The molecule has 1 aromatic rings. The van der Waals surface area contributed by atoms with E-state index >= 15 is 0 Å². The lowest BCUT2D eigenvalue weighted by Crippen LogP contribution is -2.30. The summed E-state index contributed by atoms with van der Waals surface area (Å²) in [5, 5.41) is 40.8. The fourth-order valence-electron chi connectivity index (χ4n) is 8.37. The molecule has 1 aromatic carbocycles. The minimum absolute atomic E-state index is 0.280. The number of hydrogen-bond donors (Lipinski definition) is 15. The maximum atomic E-state index is 13.4. The molecular formula is C57H117N15O3. The Kier molecular flexibility index (Phi) is 53.6. The highest BCUT2D eigenvalue weighted by Crippen LogP contribution is 2.12. The van der Waals surface area contributed by atoms with E-state index in [0.717, 1.165) is 253 Å².